The molecule has 0 aliphatic carbocycles. The Morgan fingerprint density at radius 3 is 2.65 bits per heavy atom. The molecule has 1 saturated heterocycles. The number of nitrogens with zero attached hydrogens (tertiary/aromatic N) is 1. The maximum Gasteiger partial charge on any atom is 0.401 e. The second-order valence-corrected chi connectivity index (χ2v) is 5.44. The zero-order valence-electron chi connectivity index (χ0n) is 11.5. The Morgan fingerprint density at radius 1 is 1.20 bits per heavy atom. The van der Waals surface area contributed by atoms with Crippen LogP contribution in [0.3, 0.4) is 0 Å². The highest BCUT2D eigenvalue weighted by Gasteiger charge is 2.34. The van der Waals surface area contributed by atoms with Crippen LogP contribution in [0.15, 0.2) is 30.3 Å². The summed E-state index contributed by atoms with van der Waals surface area (Å²) in [6, 6.07) is 10.2. The summed E-state index contributed by atoms with van der Waals surface area (Å²) in [5.41, 5.74) is 1.28. The van der Waals surface area contributed by atoms with Crippen molar-refractivity contribution in [1.82, 2.24) is 10.2 Å². The van der Waals surface area contributed by atoms with E-state index in [1.807, 2.05) is 18.2 Å². The molecule has 1 heterocycles. The average molecular weight is 286 g/mol. The fourth-order valence-corrected chi connectivity index (χ4v) is 2.66. The smallest absolute Gasteiger partial charge is 0.316 e. The Labute approximate surface area is 118 Å². The minimum atomic E-state index is -4.07. The van der Waals surface area contributed by atoms with Crippen molar-refractivity contribution in [3.63, 3.8) is 0 Å². The van der Waals surface area contributed by atoms with Crippen LogP contribution < -0.4 is 5.32 Å². The summed E-state index contributed by atoms with van der Waals surface area (Å²) in [5, 5.41) is 3.35. The lowest BCUT2D eigenvalue weighted by Gasteiger charge is -2.18. The summed E-state index contributed by atoms with van der Waals surface area (Å²) < 4.78 is 36.8. The Balaban J connectivity index is 1.59. The standard InChI is InChI=1S/C15H21F3N2/c16-15(17,18)12-20-9-7-14(11-20)10-19-8-6-13-4-2-1-3-5-13/h1-5,14,19H,6-12H2. The van der Waals surface area contributed by atoms with Crippen LogP contribution >= 0.6 is 0 Å². The Bertz CT molecular complexity index is 392. The van der Waals surface area contributed by atoms with Gasteiger partial charge in [-0.25, -0.2) is 0 Å². The van der Waals surface area contributed by atoms with E-state index < -0.39 is 12.7 Å². The number of halogens is 3. The Morgan fingerprint density at radius 2 is 1.95 bits per heavy atom. The minimum absolute atomic E-state index is 0.341. The van der Waals surface area contributed by atoms with Gasteiger partial charge in [0.1, 0.15) is 0 Å². The van der Waals surface area contributed by atoms with Crippen LogP contribution in [0.4, 0.5) is 13.2 Å². The number of alkyl halides is 3. The van der Waals surface area contributed by atoms with Gasteiger partial charge in [0, 0.05) is 6.54 Å². The summed E-state index contributed by atoms with van der Waals surface area (Å²) in [7, 11) is 0. The summed E-state index contributed by atoms with van der Waals surface area (Å²) in [5.74, 6) is 0.341. The molecule has 1 atom stereocenters. The lowest BCUT2D eigenvalue weighted by molar-refractivity contribution is -0.143. The van der Waals surface area contributed by atoms with Gasteiger partial charge in [-0.2, -0.15) is 13.2 Å². The summed E-state index contributed by atoms with van der Waals surface area (Å²) in [6.45, 7) is 2.02. The van der Waals surface area contributed by atoms with Crippen LogP contribution in [0.5, 0.6) is 0 Å². The van der Waals surface area contributed by atoms with E-state index in [0.717, 1.165) is 25.9 Å². The predicted molar refractivity (Wildman–Crippen MR) is 73.6 cm³/mol. The summed E-state index contributed by atoms with van der Waals surface area (Å²) in [4.78, 5) is 1.50. The van der Waals surface area contributed by atoms with E-state index in [1.54, 1.807) is 0 Å². The number of likely N-dealkylation sites (tertiary alicyclic amines) is 1. The van der Waals surface area contributed by atoms with Gasteiger partial charge in [-0.15, -0.1) is 0 Å². The molecule has 112 valence electrons. The van der Waals surface area contributed by atoms with Crippen molar-refractivity contribution in [3.05, 3.63) is 35.9 Å². The molecule has 1 unspecified atom stereocenters. The molecule has 1 aliphatic heterocycles. The van der Waals surface area contributed by atoms with E-state index >= 15 is 0 Å². The monoisotopic (exact) mass is 286 g/mol. The molecule has 2 rings (SSSR count). The first-order valence-electron chi connectivity index (χ1n) is 7.07. The first-order valence-corrected chi connectivity index (χ1v) is 7.07. The second-order valence-electron chi connectivity index (χ2n) is 5.44. The highest BCUT2D eigenvalue weighted by molar-refractivity contribution is 5.14. The quantitative estimate of drug-likeness (QED) is 0.809. The van der Waals surface area contributed by atoms with E-state index in [4.69, 9.17) is 0 Å². The third-order valence-corrected chi connectivity index (χ3v) is 3.64. The molecular weight excluding hydrogens is 265 g/mol. The maximum absolute atomic E-state index is 12.3. The van der Waals surface area contributed by atoms with E-state index in [-0.39, 0.29) is 0 Å². The van der Waals surface area contributed by atoms with E-state index in [0.29, 0.717) is 19.0 Å². The van der Waals surface area contributed by atoms with Gasteiger partial charge in [0.15, 0.2) is 0 Å². The third-order valence-electron chi connectivity index (χ3n) is 3.64. The molecule has 2 nitrogen and oxygen atoms in total. The van der Waals surface area contributed by atoms with Gasteiger partial charge < -0.3 is 5.32 Å². The predicted octanol–water partition coefficient (Wildman–Crippen LogP) is 2.70. The van der Waals surface area contributed by atoms with Crippen molar-refractivity contribution in [2.75, 3.05) is 32.7 Å². The largest absolute Gasteiger partial charge is 0.401 e. The third kappa shape index (κ3) is 5.51. The Hall–Kier alpha value is -1.07. The van der Waals surface area contributed by atoms with Crippen molar-refractivity contribution < 1.29 is 13.2 Å². The lowest BCUT2D eigenvalue weighted by atomic mass is 10.1. The van der Waals surface area contributed by atoms with E-state index in [2.05, 4.69) is 17.4 Å². The zero-order valence-corrected chi connectivity index (χ0v) is 11.5. The molecule has 0 bridgehead atoms. The first kappa shape index (κ1) is 15.3. The van der Waals surface area contributed by atoms with Crippen LogP contribution in [0.1, 0.15) is 12.0 Å². The lowest BCUT2D eigenvalue weighted by Crippen LogP contribution is -2.33. The van der Waals surface area contributed by atoms with Crippen molar-refractivity contribution in [2.45, 2.75) is 19.0 Å². The fraction of sp³-hybridized carbons (Fsp3) is 0.600. The number of hydrogen-bond donors (Lipinski definition) is 1. The zero-order chi connectivity index (χ0) is 14.4. The van der Waals surface area contributed by atoms with Gasteiger partial charge in [0.05, 0.1) is 6.54 Å². The van der Waals surface area contributed by atoms with Crippen LogP contribution in [-0.4, -0.2) is 43.8 Å². The highest BCUT2D eigenvalue weighted by Crippen LogP contribution is 2.22. The van der Waals surface area contributed by atoms with Gasteiger partial charge in [-0.05, 0) is 44.0 Å². The van der Waals surface area contributed by atoms with Crippen LogP contribution in [0.2, 0.25) is 0 Å². The normalized spacial score (nSPS) is 20.4. The Kier molecular flexibility index (Phi) is 5.43. The minimum Gasteiger partial charge on any atom is -0.316 e. The van der Waals surface area contributed by atoms with Gasteiger partial charge in [0.25, 0.3) is 0 Å². The average Bonchev–Trinajstić information content (AvgIpc) is 2.81. The maximum atomic E-state index is 12.3. The number of hydrogen-bond acceptors (Lipinski definition) is 2. The highest BCUT2D eigenvalue weighted by atomic mass is 19.4. The van der Waals surface area contributed by atoms with Gasteiger partial charge in [0.2, 0.25) is 0 Å². The molecule has 1 aliphatic rings. The topological polar surface area (TPSA) is 15.3 Å². The van der Waals surface area contributed by atoms with Gasteiger partial charge in [-0.1, -0.05) is 30.3 Å². The number of nitrogens with one attached hydrogen (secondary N) is 1. The molecule has 0 spiro atoms. The van der Waals surface area contributed by atoms with Crippen LogP contribution in [0, 0.1) is 5.92 Å². The van der Waals surface area contributed by atoms with E-state index in [9.17, 15) is 13.2 Å². The molecule has 0 aromatic heterocycles. The molecule has 1 aromatic rings. The molecule has 20 heavy (non-hydrogen) atoms. The van der Waals surface area contributed by atoms with Crippen molar-refractivity contribution in [1.29, 1.82) is 0 Å². The SMILES string of the molecule is FC(F)(F)CN1CCC(CNCCc2ccccc2)C1. The van der Waals surface area contributed by atoms with Crippen molar-refractivity contribution in [2.24, 2.45) is 5.92 Å². The first-order chi connectivity index (χ1) is 9.53. The number of rotatable bonds is 6. The number of benzene rings is 1. The van der Waals surface area contributed by atoms with Gasteiger partial charge in [-0.3, -0.25) is 4.90 Å². The summed E-state index contributed by atoms with van der Waals surface area (Å²) in [6.07, 6.45) is -2.26. The molecule has 1 N–H and O–H groups in total. The van der Waals surface area contributed by atoms with Crippen LogP contribution in [0.25, 0.3) is 0 Å². The molecule has 0 saturated carbocycles. The molecule has 0 amide bonds. The van der Waals surface area contributed by atoms with Crippen LogP contribution in [-0.2, 0) is 6.42 Å². The van der Waals surface area contributed by atoms with E-state index in [1.165, 1.54) is 10.5 Å². The van der Waals surface area contributed by atoms with Crippen molar-refractivity contribution in [3.8, 4) is 0 Å². The molecule has 0 radical (unpaired) electrons. The molecule has 1 fully saturated rings. The molecular formula is C15H21F3N2. The summed E-state index contributed by atoms with van der Waals surface area (Å²) >= 11 is 0. The molecule has 1 aromatic carbocycles. The second kappa shape index (κ2) is 7.09. The van der Waals surface area contributed by atoms with Crippen molar-refractivity contribution >= 4 is 0 Å². The molecule has 5 heteroatoms. The fourth-order valence-electron chi connectivity index (χ4n) is 2.66. The van der Waals surface area contributed by atoms with Gasteiger partial charge >= 0.3 is 6.18 Å².